The summed E-state index contributed by atoms with van der Waals surface area (Å²) in [6.45, 7) is 3.73. The van der Waals surface area contributed by atoms with E-state index in [2.05, 4.69) is 11.7 Å². The van der Waals surface area contributed by atoms with E-state index in [1.165, 1.54) is 96.3 Å². The number of ether oxygens (including phenoxy) is 1. The third-order valence-corrected chi connectivity index (χ3v) is 5.23. The summed E-state index contributed by atoms with van der Waals surface area (Å²) in [6.07, 6.45) is 21.9. The van der Waals surface area contributed by atoms with Crippen LogP contribution in [0, 0.1) is 0 Å². The molecule has 0 heterocycles. The number of aliphatic hydroxyl groups is 1. The van der Waals surface area contributed by atoms with Gasteiger partial charge in [-0.1, -0.05) is 103 Å². The van der Waals surface area contributed by atoms with Crippen LogP contribution in [0.25, 0.3) is 0 Å². The van der Waals surface area contributed by atoms with Gasteiger partial charge in [0.05, 0.1) is 0 Å². The first-order chi connectivity index (χ1) is 15.3. The number of rotatable bonds is 20. The Morgan fingerprint density at radius 2 is 1.12 bits per heavy atom. The van der Waals surface area contributed by atoms with Gasteiger partial charge in [-0.3, -0.25) is 9.59 Å². The molecule has 0 spiro atoms. The van der Waals surface area contributed by atoms with Crippen LogP contribution in [0.3, 0.4) is 0 Å². The Labute approximate surface area is 195 Å². The molecule has 1 atom stereocenters. The average molecular weight is 460 g/mol. The lowest BCUT2D eigenvalue weighted by Crippen LogP contribution is -2.33. The SMILES string of the molecule is CC(=O)OC(=O)C(N)CCC(=O)O.CCCCCCCCCCCCCCCCCCO. The molecule has 32 heavy (non-hydrogen) atoms. The summed E-state index contributed by atoms with van der Waals surface area (Å²) in [4.78, 5) is 31.2. The number of carboxylic acids is 1. The first kappa shape index (κ1) is 32.7. The number of hydrogen-bond acceptors (Lipinski definition) is 6. The molecule has 0 aromatic rings. The lowest BCUT2D eigenvalue weighted by molar-refractivity contribution is -0.159. The third kappa shape index (κ3) is 28.5. The molecule has 0 fully saturated rings. The molecule has 0 aromatic carbocycles. The summed E-state index contributed by atoms with van der Waals surface area (Å²) in [6, 6.07) is -1.06. The number of hydrogen-bond donors (Lipinski definition) is 3. The van der Waals surface area contributed by atoms with Gasteiger partial charge in [0, 0.05) is 20.0 Å². The van der Waals surface area contributed by atoms with Gasteiger partial charge in [-0.25, -0.2) is 4.79 Å². The normalized spacial score (nSPS) is 11.4. The van der Waals surface area contributed by atoms with Gasteiger partial charge in [-0.15, -0.1) is 0 Å². The van der Waals surface area contributed by atoms with Gasteiger partial charge < -0.3 is 20.7 Å². The Morgan fingerprint density at radius 3 is 1.44 bits per heavy atom. The molecule has 7 heteroatoms. The standard InChI is InChI=1S/C18H38O.C7H11NO5/c1-2-3-4-5-6-7-8-9-10-11-12-13-14-15-16-17-18-19;1-4(9)13-7(12)5(8)2-3-6(10)11/h19H,2-18H2,1H3;5H,2-3,8H2,1H3,(H,10,11). The van der Waals surface area contributed by atoms with Gasteiger partial charge in [0.25, 0.3) is 0 Å². The van der Waals surface area contributed by atoms with Crippen LogP contribution >= 0.6 is 0 Å². The summed E-state index contributed by atoms with van der Waals surface area (Å²) in [5, 5.41) is 16.9. The molecule has 1 unspecified atom stereocenters. The van der Waals surface area contributed by atoms with Crippen LogP contribution in [0.5, 0.6) is 0 Å². The minimum absolute atomic E-state index is 0.0402. The van der Waals surface area contributed by atoms with Crippen LogP contribution in [-0.4, -0.2) is 40.8 Å². The van der Waals surface area contributed by atoms with Crippen molar-refractivity contribution in [3.8, 4) is 0 Å². The van der Waals surface area contributed by atoms with Gasteiger partial charge in [-0.2, -0.15) is 0 Å². The van der Waals surface area contributed by atoms with E-state index in [1.54, 1.807) is 0 Å². The van der Waals surface area contributed by atoms with Gasteiger partial charge in [0.15, 0.2) is 0 Å². The number of aliphatic hydroxyl groups excluding tert-OH is 1. The molecular formula is C25H49NO6. The second-order valence-electron chi connectivity index (χ2n) is 8.48. The van der Waals surface area contributed by atoms with Crippen molar-refractivity contribution in [2.75, 3.05) is 6.61 Å². The van der Waals surface area contributed by atoms with Crippen LogP contribution in [0.15, 0.2) is 0 Å². The number of aliphatic carboxylic acids is 1. The predicted molar refractivity (Wildman–Crippen MR) is 128 cm³/mol. The number of carbonyl (C=O) groups excluding carboxylic acids is 2. The fourth-order valence-corrected chi connectivity index (χ4v) is 3.27. The number of unbranched alkanes of at least 4 members (excludes halogenated alkanes) is 15. The van der Waals surface area contributed by atoms with Crippen molar-refractivity contribution in [1.29, 1.82) is 0 Å². The van der Waals surface area contributed by atoms with Crippen LogP contribution in [0.4, 0.5) is 0 Å². The first-order valence-electron chi connectivity index (χ1n) is 12.7. The van der Waals surface area contributed by atoms with Crippen molar-refractivity contribution in [3.05, 3.63) is 0 Å². The second kappa shape index (κ2) is 25.8. The summed E-state index contributed by atoms with van der Waals surface area (Å²) < 4.78 is 4.15. The molecule has 0 aliphatic heterocycles. The molecule has 0 aromatic heterocycles. The first-order valence-corrected chi connectivity index (χ1v) is 12.7. The van der Waals surface area contributed by atoms with Gasteiger partial charge in [0.2, 0.25) is 0 Å². The maximum absolute atomic E-state index is 10.8. The fraction of sp³-hybridized carbons (Fsp3) is 0.880. The van der Waals surface area contributed by atoms with Crippen molar-refractivity contribution < 1.29 is 29.3 Å². The lowest BCUT2D eigenvalue weighted by atomic mass is 10.0. The van der Waals surface area contributed by atoms with Gasteiger partial charge in [0.1, 0.15) is 6.04 Å². The molecule has 0 saturated heterocycles. The predicted octanol–water partition coefficient (Wildman–Crippen LogP) is 5.51. The smallest absolute Gasteiger partial charge is 0.330 e. The number of esters is 2. The van der Waals surface area contributed by atoms with E-state index < -0.39 is 23.9 Å². The molecule has 0 bridgehead atoms. The molecule has 0 aliphatic rings. The van der Waals surface area contributed by atoms with Crippen molar-refractivity contribution >= 4 is 17.9 Å². The Hall–Kier alpha value is -1.47. The minimum Gasteiger partial charge on any atom is -0.481 e. The Morgan fingerprint density at radius 1 is 0.750 bits per heavy atom. The molecule has 7 nitrogen and oxygen atoms in total. The molecule has 4 N–H and O–H groups in total. The van der Waals surface area contributed by atoms with Crippen molar-refractivity contribution in [1.82, 2.24) is 0 Å². The van der Waals surface area contributed by atoms with E-state index in [1.807, 2.05) is 0 Å². The summed E-state index contributed by atoms with van der Waals surface area (Å²) in [5.74, 6) is -2.70. The molecular weight excluding hydrogens is 410 g/mol. The van der Waals surface area contributed by atoms with E-state index in [0.29, 0.717) is 6.61 Å². The summed E-state index contributed by atoms with van der Waals surface area (Å²) in [7, 11) is 0. The Balaban J connectivity index is 0. The maximum Gasteiger partial charge on any atom is 0.330 e. The number of nitrogens with two attached hydrogens (primary N) is 1. The van der Waals surface area contributed by atoms with Crippen LogP contribution in [-0.2, 0) is 19.1 Å². The molecule has 0 rings (SSSR count). The highest BCUT2D eigenvalue weighted by atomic mass is 16.6. The fourth-order valence-electron chi connectivity index (χ4n) is 3.27. The zero-order valence-electron chi connectivity index (χ0n) is 20.6. The Bertz CT molecular complexity index is 440. The zero-order valence-corrected chi connectivity index (χ0v) is 20.6. The highest BCUT2D eigenvalue weighted by Gasteiger charge is 2.17. The molecule has 190 valence electrons. The molecule has 0 radical (unpaired) electrons. The van der Waals surface area contributed by atoms with Crippen molar-refractivity contribution in [3.63, 3.8) is 0 Å². The average Bonchev–Trinajstić information content (AvgIpc) is 2.74. The third-order valence-electron chi connectivity index (χ3n) is 5.23. The number of carboxylic acid groups (broad SMARTS) is 1. The molecule has 0 amide bonds. The van der Waals surface area contributed by atoms with Gasteiger partial charge in [-0.05, 0) is 12.8 Å². The zero-order chi connectivity index (χ0) is 24.5. The van der Waals surface area contributed by atoms with Gasteiger partial charge >= 0.3 is 17.9 Å². The lowest BCUT2D eigenvalue weighted by Gasteiger charge is -2.06. The highest BCUT2D eigenvalue weighted by molar-refractivity contribution is 5.87. The van der Waals surface area contributed by atoms with E-state index in [4.69, 9.17) is 15.9 Å². The van der Waals surface area contributed by atoms with E-state index in [-0.39, 0.29) is 12.8 Å². The monoisotopic (exact) mass is 459 g/mol. The van der Waals surface area contributed by atoms with Crippen molar-refractivity contribution in [2.45, 2.75) is 135 Å². The quantitative estimate of drug-likeness (QED) is 0.124. The summed E-state index contributed by atoms with van der Waals surface area (Å²) >= 11 is 0. The van der Waals surface area contributed by atoms with Crippen LogP contribution in [0.2, 0.25) is 0 Å². The highest BCUT2D eigenvalue weighted by Crippen LogP contribution is 2.13. The maximum atomic E-state index is 10.8. The largest absolute Gasteiger partial charge is 0.481 e. The summed E-state index contributed by atoms with van der Waals surface area (Å²) in [5.41, 5.74) is 5.22. The van der Waals surface area contributed by atoms with Crippen LogP contribution < -0.4 is 5.73 Å². The topological polar surface area (TPSA) is 127 Å². The van der Waals surface area contributed by atoms with Crippen LogP contribution in [0.1, 0.15) is 129 Å². The molecule has 0 saturated carbocycles. The minimum atomic E-state index is -1.06. The second-order valence-corrected chi connectivity index (χ2v) is 8.48. The van der Waals surface area contributed by atoms with Crippen molar-refractivity contribution in [2.24, 2.45) is 5.73 Å². The van der Waals surface area contributed by atoms with E-state index in [9.17, 15) is 14.4 Å². The molecule has 0 aliphatic carbocycles. The Kier molecular flexibility index (Phi) is 26.4. The number of carbonyl (C=O) groups is 3. The van der Waals surface area contributed by atoms with E-state index >= 15 is 0 Å². The van der Waals surface area contributed by atoms with E-state index in [0.717, 1.165) is 13.3 Å².